The number of Topliss-reactive ketones (excluding diaryl/α,β-unsaturated/α-hetero) is 1. The summed E-state index contributed by atoms with van der Waals surface area (Å²) in [5.41, 5.74) is 2.69. The lowest BCUT2D eigenvalue weighted by atomic mass is 9.82. The number of hydrogen-bond donors (Lipinski definition) is 0. The number of benzene rings is 1. The topological polar surface area (TPSA) is 33.2 Å². The maximum Gasteiger partial charge on any atom is 0.200 e. The van der Waals surface area contributed by atoms with Crippen molar-refractivity contribution in [1.29, 1.82) is 0 Å². The van der Waals surface area contributed by atoms with Crippen molar-refractivity contribution < 1.29 is 4.79 Å². The van der Waals surface area contributed by atoms with E-state index in [-0.39, 0.29) is 5.78 Å². The first kappa shape index (κ1) is 16.0. The van der Waals surface area contributed by atoms with E-state index in [0.717, 1.165) is 27.3 Å². The van der Waals surface area contributed by atoms with E-state index in [0.29, 0.717) is 0 Å². The van der Waals surface area contributed by atoms with Crippen molar-refractivity contribution in [3.63, 3.8) is 0 Å². The van der Waals surface area contributed by atoms with Crippen molar-refractivity contribution in [2.75, 3.05) is 0 Å². The van der Waals surface area contributed by atoms with Gasteiger partial charge < -0.3 is 4.90 Å². The fourth-order valence-corrected chi connectivity index (χ4v) is 4.65. The van der Waals surface area contributed by atoms with Crippen molar-refractivity contribution >= 4 is 28.4 Å². The number of nitrogens with zero attached hydrogens (tertiary/aromatic N) is 2. The van der Waals surface area contributed by atoms with Crippen LogP contribution in [0.4, 0.5) is 0 Å². The second-order valence-electron chi connectivity index (χ2n) is 6.47. The Labute approximate surface area is 161 Å². The second kappa shape index (κ2) is 6.18. The summed E-state index contributed by atoms with van der Waals surface area (Å²) in [6, 6.07) is 17.9. The van der Waals surface area contributed by atoms with Crippen LogP contribution in [0.2, 0.25) is 0 Å². The van der Waals surface area contributed by atoms with Crippen molar-refractivity contribution in [3.05, 3.63) is 113 Å². The van der Waals surface area contributed by atoms with Crippen LogP contribution in [-0.2, 0) is 10.3 Å². The zero-order chi connectivity index (χ0) is 18.3. The van der Waals surface area contributed by atoms with Crippen LogP contribution in [0.5, 0.6) is 0 Å². The highest BCUT2D eigenvalue weighted by atomic mass is 32.1. The highest BCUT2D eigenvalue weighted by Gasteiger charge is 2.53. The second-order valence-corrected chi connectivity index (χ2v) is 7.42. The molecule has 4 heteroatoms. The molecule has 4 heterocycles. The maximum atomic E-state index is 13.9. The van der Waals surface area contributed by atoms with E-state index < -0.39 is 5.54 Å². The third kappa shape index (κ3) is 2.27. The van der Waals surface area contributed by atoms with Crippen LogP contribution < -0.4 is 0 Å². The van der Waals surface area contributed by atoms with Crippen molar-refractivity contribution in [3.8, 4) is 0 Å². The zero-order valence-corrected chi connectivity index (χ0v) is 15.3. The molecule has 1 aromatic carbocycles. The summed E-state index contributed by atoms with van der Waals surface area (Å²) in [7, 11) is 0. The zero-order valence-electron chi connectivity index (χ0n) is 14.4. The number of carbonyl (C=O) groups is 1. The Morgan fingerprint density at radius 2 is 1.85 bits per heavy atom. The molecule has 3 nitrogen and oxygen atoms in total. The smallest absolute Gasteiger partial charge is 0.200 e. The predicted molar refractivity (Wildman–Crippen MR) is 109 cm³/mol. The largest absolute Gasteiger partial charge is 0.326 e. The van der Waals surface area contributed by atoms with E-state index in [1.807, 2.05) is 90.6 Å². The Morgan fingerprint density at radius 3 is 2.59 bits per heavy atom. The van der Waals surface area contributed by atoms with Gasteiger partial charge in [-0.1, -0.05) is 42.5 Å². The molecule has 0 fully saturated rings. The van der Waals surface area contributed by atoms with Crippen LogP contribution in [0.25, 0.3) is 11.3 Å². The number of thiophene rings is 1. The fourth-order valence-electron chi connectivity index (χ4n) is 3.88. The number of carbonyl (C=O) groups excluding carboxylic acids is 1. The number of pyridine rings is 1. The van der Waals surface area contributed by atoms with E-state index in [9.17, 15) is 4.79 Å². The molecule has 2 aliphatic rings. The van der Waals surface area contributed by atoms with Crippen LogP contribution in [0.15, 0.2) is 96.8 Å². The average molecular weight is 368 g/mol. The van der Waals surface area contributed by atoms with Gasteiger partial charge in [-0.05, 0) is 41.3 Å². The highest BCUT2D eigenvalue weighted by molar-refractivity contribution is 7.11. The molecule has 0 saturated carbocycles. The lowest BCUT2D eigenvalue weighted by Crippen LogP contribution is -2.43. The SMILES string of the molecule is O=C1C(c2cccs2)=C(c2cccnc2)N2C=CC=CC12c1ccccc1. The van der Waals surface area contributed by atoms with Crippen LogP contribution in [-0.4, -0.2) is 15.7 Å². The number of rotatable bonds is 3. The molecule has 2 aromatic heterocycles. The molecule has 2 aliphatic heterocycles. The molecule has 3 aromatic rings. The standard InChI is InChI=1S/C23H16N2OS/c26-22-20(19-11-7-15-27-19)21(17-8-6-13-24-16-17)25-14-5-4-12-23(22,25)18-9-2-1-3-10-18/h1-16H. The molecule has 0 aliphatic carbocycles. The van der Waals surface area contributed by atoms with Gasteiger partial charge >= 0.3 is 0 Å². The predicted octanol–water partition coefficient (Wildman–Crippen LogP) is 4.88. The monoisotopic (exact) mass is 368 g/mol. The van der Waals surface area contributed by atoms with Gasteiger partial charge in [-0.15, -0.1) is 11.3 Å². The highest BCUT2D eigenvalue weighted by Crippen LogP contribution is 2.51. The van der Waals surface area contributed by atoms with Gasteiger partial charge in [0.15, 0.2) is 5.54 Å². The van der Waals surface area contributed by atoms with Crippen LogP contribution >= 0.6 is 11.3 Å². The maximum absolute atomic E-state index is 13.9. The Balaban J connectivity index is 1.82. The molecule has 0 amide bonds. The molecule has 0 radical (unpaired) electrons. The van der Waals surface area contributed by atoms with Crippen LogP contribution in [0, 0.1) is 0 Å². The van der Waals surface area contributed by atoms with E-state index in [1.54, 1.807) is 17.5 Å². The summed E-state index contributed by atoms with van der Waals surface area (Å²) in [5.74, 6) is 0.0932. The fraction of sp³-hybridized carbons (Fsp3) is 0.0435. The van der Waals surface area contributed by atoms with E-state index in [4.69, 9.17) is 0 Å². The lowest BCUT2D eigenvalue weighted by molar-refractivity contribution is -0.119. The van der Waals surface area contributed by atoms with Gasteiger partial charge in [0.05, 0.1) is 11.3 Å². The lowest BCUT2D eigenvalue weighted by Gasteiger charge is -2.37. The molecule has 0 bridgehead atoms. The third-order valence-corrected chi connectivity index (χ3v) is 5.92. The Morgan fingerprint density at radius 1 is 0.963 bits per heavy atom. The van der Waals surface area contributed by atoms with E-state index >= 15 is 0 Å². The first-order chi connectivity index (χ1) is 13.3. The molecular weight excluding hydrogens is 352 g/mol. The van der Waals surface area contributed by atoms with Gasteiger partial charge in [0.25, 0.3) is 0 Å². The summed E-state index contributed by atoms with van der Waals surface area (Å²) >= 11 is 1.59. The molecular formula is C23H16N2OS. The molecule has 1 atom stereocenters. The Hall–Kier alpha value is -3.24. The van der Waals surface area contributed by atoms with Gasteiger partial charge in [0, 0.05) is 29.0 Å². The van der Waals surface area contributed by atoms with Gasteiger partial charge in [-0.3, -0.25) is 9.78 Å². The Kier molecular flexibility index (Phi) is 3.66. The molecule has 5 rings (SSSR count). The first-order valence-corrected chi connectivity index (χ1v) is 9.64. The third-order valence-electron chi connectivity index (χ3n) is 5.03. The Bertz CT molecular complexity index is 1080. The number of aromatic nitrogens is 1. The summed E-state index contributed by atoms with van der Waals surface area (Å²) in [6.07, 6.45) is 11.5. The van der Waals surface area contributed by atoms with E-state index in [2.05, 4.69) is 9.88 Å². The normalized spacial score (nSPS) is 21.0. The molecule has 130 valence electrons. The molecule has 27 heavy (non-hydrogen) atoms. The van der Waals surface area contributed by atoms with Gasteiger partial charge in [-0.2, -0.15) is 0 Å². The minimum Gasteiger partial charge on any atom is -0.326 e. The first-order valence-electron chi connectivity index (χ1n) is 8.76. The van der Waals surface area contributed by atoms with Gasteiger partial charge in [0.1, 0.15) is 0 Å². The minimum atomic E-state index is -0.861. The summed E-state index contributed by atoms with van der Waals surface area (Å²) in [5, 5.41) is 2.01. The summed E-state index contributed by atoms with van der Waals surface area (Å²) in [4.78, 5) is 21.3. The van der Waals surface area contributed by atoms with Crippen LogP contribution in [0.1, 0.15) is 16.0 Å². The number of hydrogen-bond acceptors (Lipinski definition) is 4. The number of ketones is 1. The molecule has 0 spiro atoms. The quantitative estimate of drug-likeness (QED) is 0.661. The van der Waals surface area contributed by atoms with Crippen molar-refractivity contribution in [2.24, 2.45) is 0 Å². The number of allylic oxidation sites excluding steroid dienone is 2. The van der Waals surface area contributed by atoms with E-state index in [1.165, 1.54) is 0 Å². The van der Waals surface area contributed by atoms with Gasteiger partial charge in [0.2, 0.25) is 5.78 Å². The average Bonchev–Trinajstić information content (AvgIpc) is 3.35. The summed E-state index contributed by atoms with van der Waals surface area (Å²) in [6.45, 7) is 0. The van der Waals surface area contributed by atoms with Crippen LogP contribution in [0.3, 0.4) is 0 Å². The van der Waals surface area contributed by atoms with Gasteiger partial charge in [-0.25, -0.2) is 0 Å². The van der Waals surface area contributed by atoms with Crippen molar-refractivity contribution in [1.82, 2.24) is 9.88 Å². The van der Waals surface area contributed by atoms with Crippen molar-refractivity contribution in [2.45, 2.75) is 5.54 Å². The summed E-state index contributed by atoms with van der Waals surface area (Å²) < 4.78 is 0. The minimum absolute atomic E-state index is 0.0932. The molecule has 0 saturated heterocycles. The molecule has 0 N–H and O–H groups in total. The number of fused-ring (bicyclic) bond motifs is 1. The molecule has 1 unspecified atom stereocenters.